The number of aliphatic hydroxyl groups is 1. The van der Waals surface area contributed by atoms with E-state index in [0.717, 1.165) is 0 Å². The van der Waals surface area contributed by atoms with Crippen molar-refractivity contribution >= 4 is 29.2 Å². The smallest absolute Gasteiger partial charge is 0.323 e. The van der Waals surface area contributed by atoms with Crippen LogP contribution in [0.15, 0.2) is 41.6 Å². The van der Waals surface area contributed by atoms with Gasteiger partial charge in [0, 0.05) is 17.6 Å². The molecule has 2 amide bonds. The number of halogens is 2. The number of hydrogen-bond acceptors (Lipinski definition) is 5. The van der Waals surface area contributed by atoms with Crippen molar-refractivity contribution in [2.45, 2.75) is 23.3 Å². The van der Waals surface area contributed by atoms with E-state index in [1.807, 2.05) is 19.0 Å². The van der Waals surface area contributed by atoms with Crippen molar-refractivity contribution in [3.05, 3.63) is 36.7 Å². The summed E-state index contributed by atoms with van der Waals surface area (Å²) in [5, 5.41) is 19.1. The van der Waals surface area contributed by atoms with Crippen molar-refractivity contribution in [2.24, 2.45) is 0 Å². The number of carbonyl (C=O) groups is 1. The highest BCUT2D eigenvalue weighted by Gasteiger charge is 2.13. The maximum Gasteiger partial charge on any atom is 0.323 e. The number of aromatic nitrogens is 2. The molecule has 2 rings (SSSR count). The molecule has 0 aliphatic carbocycles. The molecular weight excluding hydrogens is 364 g/mol. The number of thioether (sulfide) groups is 1. The average molecular weight is 385 g/mol. The minimum absolute atomic E-state index is 0.278. The zero-order valence-electron chi connectivity index (χ0n) is 14.4. The fourth-order valence-corrected chi connectivity index (χ4v) is 2.87. The first-order valence-corrected chi connectivity index (χ1v) is 8.68. The molecule has 142 valence electrons. The van der Waals surface area contributed by atoms with Crippen molar-refractivity contribution < 1.29 is 18.7 Å². The van der Waals surface area contributed by atoms with E-state index in [2.05, 4.69) is 15.7 Å². The number of alkyl halides is 2. The third-order valence-corrected chi connectivity index (χ3v) is 4.00. The van der Waals surface area contributed by atoms with Gasteiger partial charge in [0.05, 0.1) is 30.2 Å². The van der Waals surface area contributed by atoms with Crippen LogP contribution in [0, 0.1) is 0 Å². The van der Waals surface area contributed by atoms with Gasteiger partial charge in [-0.15, -0.1) is 0 Å². The van der Waals surface area contributed by atoms with Crippen LogP contribution in [-0.4, -0.2) is 58.3 Å². The van der Waals surface area contributed by atoms with E-state index in [9.17, 15) is 18.7 Å². The molecule has 1 aromatic heterocycles. The zero-order valence-corrected chi connectivity index (χ0v) is 15.2. The molecule has 3 N–H and O–H groups in total. The van der Waals surface area contributed by atoms with Crippen molar-refractivity contribution in [1.82, 2.24) is 14.7 Å². The molecule has 0 saturated heterocycles. The van der Waals surface area contributed by atoms with Gasteiger partial charge in [-0.1, -0.05) is 23.9 Å². The van der Waals surface area contributed by atoms with Gasteiger partial charge in [-0.3, -0.25) is 4.68 Å². The molecule has 0 fully saturated rings. The Balaban J connectivity index is 1.93. The summed E-state index contributed by atoms with van der Waals surface area (Å²) >= 11 is 0.365. The molecule has 10 heteroatoms. The highest BCUT2D eigenvalue weighted by molar-refractivity contribution is 7.99. The van der Waals surface area contributed by atoms with E-state index in [0.29, 0.717) is 29.7 Å². The van der Waals surface area contributed by atoms with Crippen LogP contribution in [-0.2, 0) is 6.54 Å². The lowest BCUT2D eigenvalue weighted by atomic mass is 10.3. The van der Waals surface area contributed by atoms with Crippen LogP contribution in [0.5, 0.6) is 0 Å². The minimum atomic E-state index is -2.58. The third-order valence-electron chi connectivity index (χ3n) is 3.22. The predicted octanol–water partition coefficient (Wildman–Crippen LogP) is 2.76. The Bertz CT molecular complexity index is 726. The summed E-state index contributed by atoms with van der Waals surface area (Å²) in [7, 11) is 3.71. The number of carbonyl (C=O) groups excluding carboxylic acids is 1. The van der Waals surface area contributed by atoms with Crippen molar-refractivity contribution in [3.63, 3.8) is 0 Å². The second-order valence-corrected chi connectivity index (χ2v) is 6.85. The maximum absolute atomic E-state index is 12.6. The number of rotatable bonds is 8. The molecule has 26 heavy (non-hydrogen) atoms. The lowest BCUT2D eigenvalue weighted by molar-refractivity contribution is 0.116. The molecule has 0 unspecified atom stereocenters. The molecule has 0 radical (unpaired) electrons. The Hall–Kier alpha value is -2.17. The molecule has 7 nitrogen and oxygen atoms in total. The molecular formula is C16H21F2N5O2S. The molecule has 0 aliphatic heterocycles. The normalized spacial score (nSPS) is 12.4. The number of likely N-dealkylation sites (N-methyl/N-ethyl adjacent to an activating group) is 1. The summed E-state index contributed by atoms with van der Waals surface area (Å²) < 4.78 is 26.7. The molecule has 0 saturated carbocycles. The van der Waals surface area contributed by atoms with Crippen molar-refractivity contribution in [2.75, 3.05) is 31.3 Å². The zero-order chi connectivity index (χ0) is 19.1. The first-order chi connectivity index (χ1) is 12.3. The van der Waals surface area contributed by atoms with Gasteiger partial charge in [0.15, 0.2) is 0 Å². The van der Waals surface area contributed by atoms with Gasteiger partial charge in [0.25, 0.3) is 5.76 Å². The Morgan fingerprint density at radius 2 is 2.08 bits per heavy atom. The quantitative estimate of drug-likeness (QED) is 0.609. The number of aliphatic hydroxyl groups excluding tert-OH is 1. The number of nitrogens with one attached hydrogen (secondary N) is 2. The van der Waals surface area contributed by atoms with Gasteiger partial charge >= 0.3 is 6.03 Å². The number of anilines is 2. The number of hydrogen-bond donors (Lipinski definition) is 3. The van der Waals surface area contributed by atoms with Gasteiger partial charge in [-0.05, 0) is 26.2 Å². The molecule has 0 spiro atoms. The van der Waals surface area contributed by atoms with E-state index in [-0.39, 0.29) is 11.4 Å². The van der Waals surface area contributed by atoms with E-state index in [4.69, 9.17) is 0 Å². The number of para-hydroxylation sites is 1. The van der Waals surface area contributed by atoms with Gasteiger partial charge in [0.1, 0.15) is 0 Å². The number of nitrogens with zero attached hydrogens (tertiary/aromatic N) is 3. The van der Waals surface area contributed by atoms with E-state index >= 15 is 0 Å². The van der Waals surface area contributed by atoms with Crippen molar-refractivity contribution in [3.8, 4) is 0 Å². The number of benzene rings is 1. The average Bonchev–Trinajstić information content (AvgIpc) is 2.94. The Morgan fingerprint density at radius 3 is 2.77 bits per heavy atom. The molecule has 0 bridgehead atoms. The van der Waals surface area contributed by atoms with Gasteiger partial charge in [0.2, 0.25) is 0 Å². The SMILES string of the molecule is CN(C)C[C@@H](O)Cn1cc(NC(=O)Nc2ccccc2SC(F)F)cn1. The van der Waals surface area contributed by atoms with Crippen LogP contribution in [0.2, 0.25) is 0 Å². The van der Waals surface area contributed by atoms with Gasteiger partial charge in [-0.2, -0.15) is 13.9 Å². The van der Waals surface area contributed by atoms with E-state index in [1.165, 1.54) is 16.9 Å². The third kappa shape index (κ3) is 6.62. The largest absolute Gasteiger partial charge is 0.390 e. The first-order valence-electron chi connectivity index (χ1n) is 7.80. The maximum atomic E-state index is 12.6. The van der Waals surface area contributed by atoms with Gasteiger partial charge in [-0.25, -0.2) is 4.79 Å². The van der Waals surface area contributed by atoms with Gasteiger partial charge < -0.3 is 20.6 Å². The summed E-state index contributed by atoms with van der Waals surface area (Å²) in [5.41, 5.74) is 0.725. The van der Waals surface area contributed by atoms with E-state index in [1.54, 1.807) is 24.4 Å². The van der Waals surface area contributed by atoms with Crippen LogP contribution in [0.25, 0.3) is 0 Å². The Labute approximate surface area is 154 Å². The molecule has 2 aromatic rings. The summed E-state index contributed by atoms with van der Waals surface area (Å²) in [6.07, 6.45) is 2.44. The second kappa shape index (κ2) is 9.51. The molecule has 1 heterocycles. The topological polar surface area (TPSA) is 82.4 Å². The first kappa shape index (κ1) is 20.1. The Kier molecular flexibility index (Phi) is 7.37. The lowest BCUT2D eigenvalue weighted by Gasteiger charge is -2.15. The Morgan fingerprint density at radius 1 is 1.35 bits per heavy atom. The van der Waals surface area contributed by atoms with Crippen LogP contribution in [0.4, 0.5) is 25.0 Å². The minimum Gasteiger partial charge on any atom is -0.390 e. The summed E-state index contributed by atoms with van der Waals surface area (Å²) in [6.45, 7) is 0.775. The fraction of sp³-hybridized carbons (Fsp3) is 0.375. The lowest BCUT2D eigenvalue weighted by Crippen LogP contribution is -2.29. The van der Waals surface area contributed by atoms with E-state index < -0.39 is 17.9 Å². The molecule has 1 atom stereocenters. The standard InChI is InChI=1S/C16H21F2N5O2S/c1-22(2)9-12(24)10-23-8-11(7-19-23)20-16(25)21-13-5-3-4-6-14(13)26-15(17)18/h3-8,12,15,24H,9-10H2,1-2H3,(H2,20,21,25)/t12-/m1/s1. The van der Waals surface area contributed by atoms with Crippen LogP contribution in [0.1, 0.15) is 0 Å². The predicted molar refractivity (Wildman–Crippen MR) is 97.7 cm³/mol. The summed E-state index contributed by atoms with van der Waals surface area (Å²) in [4.78, 5) is 14.2. The number of amides is 2. The summed E-state index contributed by atoms with van der Waals surface area (Å²) in [6, 6.07) is 5.76. The molecule has 0 aliphatic rings. The number of urea groups is 1. The van der Waals surface area contributed by atoms with Crippen LogP contribution in [0.3, 0.4) is 0 Å². The monoisotopic (exact) mass is 385 g/mol. The van der Waals surface area contributed by atoms with Crippen molar-refractivity contribution in [1.29, 1.82) is 0 Å². The second-order valence-electron chi connectivity index (χ2n) is 5.82. The fourth-order valence-electron chi connectivity index (χ4n) is 2.28. The highest BCUT2D eigenvalue weighted by atomic mass is 32.2. The molecule has 1 aromatic carbocycles. The highest BCUT2D eigenvalue weighted by Crippen LogP contribution is 2.31. The van der Waals surface area contributed by atoms with Crippen LogP contribution >= 0.6 is 11.8 Å². The van der Waals surface area contributed by atoms with Crippen LogP contribution < -0.4 is 10.6 Å². The summed E-state index contributed by atoms with van der Waals surface area (Å²) in [5.74, 6) is -2.58.